The van der Waals surface area contributed by atoms with Crippen LogP contribution < -0.4 is 10.6 Å². The van der Waals surface area contributed by atoms with Gasteiger partial charge in [-0.2, -0.15) is 0 Å². The predicted molar refractivity (Wildman–Crippen MR) is 116 cm³/mol. The standard InChI is InChI=1S/C22H32N6O2/c1-5-19(29)24-18-8-6-17(7-9-18)20(23-12-11-22(2,3)4)21-25-26-27-28(21)14-16-10-13-30-15-16/h5-9,16,20,23H,1,10-15H2,2-4H3,(H,24,29). The first-order valence-electron chi connectivity index (χ1n) is 10.5. The van der Waals surface area contributed by atoms with Crippen LogP contribution in [0.1, 0.15) is 51.0 Å². The zero-order valence-corrected chi connectivity index (χ0v) is 18.1. The number of nitrogens with one attached hydrogen (secondary N) is 2. The molecule has 2 unspecified atom stereocenters. The lowest BCUT2D eigenvalue weighted by Gasteiger charge is -2.23. The van der Waals surface area contributed by atoms with Crippen molar-refractivity contribution >= 4 is 11.6 Å². The normalized spacial score (nSPS) is 17.6. The van der Waals surface area contributed by atoms with Crippen LogP contribution in [0.15, 0.2) is 36.9 Å². The molecule has 0 radical (unpaired) electrons. The number of carbonyl (C=O) groups excluding carboxylic acids is 1. The quantitative estimate of drug-likeness (QED) is 0.615. The maximum absolute atomic E-state index is 11.5. The molecule has 0 bridgehead atoms. The third-order valence-electron chi connectivity index (χ3n) is 5.19. The summed E-state index contributed by atoms with van der Waals surface area (Å²) in [7, 11) is 0. The lowest BCUT2D eigenvalue weighted by Crippen LogP contribution is -2.29. The molecule has 1 aromatic heterocycles. The SMILES string of the molecule is C=CC(=O)Nc1ccc(C(NCCC(C)(C)C)c2nnnn2CC2CCOC2)cc1. The second-order valence-electron chi connectivity index (χ2n) is 8.96. The lowest BCUT2D eigenvalue weighted by atomic mass is 9.92. The number of tetrazole rings is 1. The number of nitrogens with zero attached hydrogens (tertiary/aromatic N) is 4. The fraction of sp³-hybridized carbons (Fsp3) is 0.545. The molecule has 1 fully saturated rings. The van der Waals surface area contributed by atoms with Gasteiger partial charge in [0, 0.05) is 24.8 Å². The molecule has 2 heterocycles. The van der Waals surface area contributed by atoms with E-state index >= 15 is 0 Å². The fourth-order valence-corrected chi connectivity index (χ4v) is 3.42. The van der Waals surface area contributed by atoms with Crippen molar-refractivity contribution in [3.05, 3.63) is 48.3 Å². The van der Waals surface area contributed by atoms with Gasteiger partial charge >= 0.3 is 0 Å². The van der Waals surface area contributed by atoms with E-state index < -0.39 is 0 Å². The summed E-state index contributed by atoms with van der Waals surface area (Å²) in [6, 6.07) is 7.60. The first-order chi connectivity index (χ1) is 14.4. The highest BCUT2D eigenvalue weighted by molar-refractivity contribution is 5.98. The Morgan fingerprint density at radius 3 is 2.77 bits per heavy atom. The van der Waals surface area contributed by atoms with Gasteiger partial charge in [0.1, 0.15) is 0 Å². The van der Waals surface area contributed by atoms with Crippen LogP contribution in [0.2, 0.25) is 0 Å². The van der Waals surface area contributed by atoms with Gasteiger partial charge in [0.2, 0.25) is 5.91 Å². The van der Waals surface area contributed by atoms with Crippen molar-refractivity contribution in [2.24, 2.45) is 11.3 Å². The van der Waals surface area contributed by atoms with E-state index in [0.717, 1.165) is 56.2 Å². The second kappa shape index (κ2) is 9.95. The fourth-order valence-electron chi connectivity index (χ4n) is 3.42. The Balaban J connectivity index is 1.81. The van der Waals surface area contributed by atoms with Crippen molar-refractivity contribution < 1.29 is 9.53 Å². The summed E-state index contributed by atoms with van der Waals surface area (Å²) in [5.41, 5.74) is 1.99. The van der Waals surface area contributed by atoms with Crippen molar-refractivity contribution in [3.63, 3.8) is 0 Å². The molecule has 1 saturated heterocycles. The van der Waals surface area contributed by atoms with Crippen LogP contribution >= 0.6 is 0 Å². The Labute approximate surface area is 178 Å². The molecule has 0 aliphatic carbocycles. The third kappa shape index (κ3) is 6.21. The summed E-state index contributed by atoms with van der Waals surface area (Å²) in [6.45, 7) is 13.3. The highest BCUT2D eigenvalue weighted by Gasteiger charge is 2.25. The summed E-state index contributed by atoms with van der Waals surface area (Å²) in [5.74, 6) is 0.989. The Kier molecular flexibility index (Phi) is 7.33. The maximum Gasteiger partial charge on any atom is 0.247 e. The molecule has 1 aromatic carbocycles. The van der Waals surface area contributed by atoms with Crippen molar-refractivity contribution in [2.45, 2.75) is 46.2 Å². The Morgan fingerprint density at radius 2 is 2.13 bits per heavy atom. The summed E-state index contributed by atoms with van der Waals surface area (Å²) < 4.78 is 7.40. The molecule has 1 aliphatic heterocycles. The topological polar surface area (TPSA) is 94.0 Å². The molecule has 8 heteroatoms. The van der Waals surface area contributed by atoms with Gasteiger partial charge in [-0.15, -0.1) is 5.10 Å². The van der Waals surface area contributed by atoms with Gasteiger partial charge < -0.3 is 15.4 Å². The zero-order chi connectivity index (χ0) is 21.6. The Hall–Kier alpha value is -2.58. The molecule has 1 aliphatic rings. The van der Waals surface area contributed by atoms with Crippen molar-refractivity contribution in [1.29, 1.82) is 0 Å². The number of hydrogen-bond donors (Lipinski definition) is 2. The number of benzene rings is 1. The van der Waals surface area contributed by atoms with E-state index in [1.54, 1.807) is 0 Å². The summed E-state index contributed by atoms with van der Waals surface area (Å²) >= 11 is 0. The number of hydrogen-bond acceptors (Lipinski definition) is 6. The molecule has 0 saturated carbocycles. The number of carbonyl (C=O) groups is 1. The molecule has 162 valence electrons. The van der Waals surface area contributed by atoms with Crippen molar-refractivity contribution in [2.75, 3.05) is 25.1 Å². The minimum atomic E-state index is -0.231. The van der Waals surface area contributed by atoms with Crippen LogP contribution in [0.5, 0.6) is 0 Å². The highest BCUT2D eigenvalue weighted by Crippen LogP contribution is 2.25. The van der Waals surface area contributed by atoms with E-state index in [4.69, 9.17) is 4.74 Å². The van der Waals surface area contributed by atoms with Gasteiger partial charge in [-0.05, 0) is 59.0 Å². The van der Waals surface area contributed by atoms with Gasteiger partial charge in [-0.3, -0.25) is 4.79 Å². The monoisotopic (exact) mass is 412 g/mol. The third-order valence-corrected chi connectivity index (χ3v) is 5.19. The van der Waals surface area contributed by atoms with Gasteiger partial charge in [-0.1, -0.05) is 39.5 Å². The molecule has 30 heavy (non-hydrogen) atoms. The number of amides is 1. The van der Waals surface area contributed by atoms with Crippen molar-refractivity contribution in [3.8, 4) is 0 Å². The van der Waals surface area contributed by atoms with Gasteiger partial charge in [-0.25, -0.2) is 4.68 Å². The molecule has 2 N–H and O–H groups in total. The first-order valence-corrected chi connectivity index (χ1v) is 10.5. The minimum absolute atomic E-state index is 0.145. The largest absolute Gasteiger partial charge is 0.381 e. The van der Waals surface area contributed by atoms with Crippen LogP contribution in [0, 0.1) is 11.3 Å². The lowest BCUT2D eigenvalue weighted by molar-refractivity contribution is -0.111. The Morgan fingerprint density at radius 1 is 1.37 bits per heavy atom. The molecule has 8 nitrogen and oxygen atoms in total. The van der Waals surface area contributed by atoms with Gasteiger partial charge in [0.05, 0.1) is 12.6 Å². The molecule has 3 rings (SSSR count). The maximum atomic E-state index is 11.5. The smallest absolute Gasteiger partial charge is 0.247 e. The number of anilines is 1. The summed E-state index contributed by atoms with van der Waals surface area (Å²) in [6.07, 6.45) is 3.31. The van der Waals surface area contributed by atoms with E-state index in [9.17, 15) is 4.79 Å². The van der Waals surface area contributed by atoms with Crippen LogP contribution in [0.4, 0.5) is 5.69 Å². The van der Waals surface area contributed by atoms with Gasteiger partial charge in [0.25, 0.3) is 0 Å². The Bertz CT molecular complexity index is 834. The number of rotatable bonds is 9. The van der Waals surface area contributed by atoms with Gasteiger partial charge in [0.15, 0.2) is 5.82 Å². The van der Waals surface area contributed by atoms with E-state index in [1.165, 1.54) is 6.08 Å². The molecular formula is C22H32N6O2. The second-order valence-corrected chi connectivity index (χ2v) is 8.96. The van der Waals surface area contributed by atoms with Crippen LogP contribution in [0.3, 0.4) is 0 Å². The molecule has 0 spiro atoms. The average molecular weight is 413 g/mol. The number of ether oxygens (including phenoxy) is 1. The van der Waals surface area contributed by atoms with Crippen molar-refractivity contribution in [1.82, 2.24) is 25.5 Å². The van der Waals surface area contributed by atoms with Crippen LogP contribution in [0.25, 0.3) is 0 Å². The van der Waals surface area contributed by atoms with E-state index in [2.05, 4.69) is 53.5 Å². The minimum Gasteiger partial charge on any atom is -0.381 e. The first kappa shape index (κ1) is 22.1. The highest BCUT2D eigenvalue weighted by atomic mass is 16.5. The molecule has 2 atom stereocenters. The molecular weight excluding hydrogens is 380 g/mol. The molecule has 1 amide bonds. The summed E-state index contributed by atoms with van der Waals surface area (Å²) in [5, 5.41) is 19.0. The zero-order valence-electron chi connectivity index (χ0n) is 18.1. The number of aromatic nitrogens is 4. The van der Waals surface area contributed by atoms with E-state index in [-0.39, 0.29) is 17.4 Å². The predicted octanol–water partition coefficient (Wildman–Crippen LogP) is 2.95. The van der Waals surface area contributed by atoms with E-state index in [1.807, 2.05) is 28.9 Å². The summed E-state index contributed by atoms with van der Waals surface area (Å²) in [4.78, 5) is 11.5. The van der Waals surface area contributed by atoms with Crippen LogP contribution in [-0.4, -0.2) is 45.9 Å². The van der Waals surface area contributed by atoms with Crippen LogP contribution in [-0.2, 0) is 16.1 Å². The van der Waals surface area contributed by atoms with E-state index in [0.29, 0.717) is 5.92 Å². The molecule has 2 aromatic rings. The average Bonchev–Trinajstić information content (AvgIpc) is 3.38.